The van der Waals surface area contributed by atoms with Crippen LogP contribution in [0.2, 0.25) is 0 Å². The van der Waals surface area contributed by atoms with Crippen LogP contribution in [0.3, 0.4) is 0 Å². The van der Waals surface area contributed by atoms with Crippen molar-refractivity contribution in [3.05, 3.63) is 60.3 Å². The molecule has 1 aromatic carbocycles. The highest BCUT2D eigenvalue weighted by atomic mass is 19.1. The lowest BCUT2D eigenvalue weighted by Crippen LogP contribution is -2.13. The van der Waals surface area contributed by atoms with Gasteiger partial charge in [-0.05, 0) is 24.3 Å². The Kier molecular flexibility index (Phi) is 4.55. The number of carbonyl (C=O) groups excluding carboxylic acids is 1. The first-order chi connectivity index (χ1) is 11.6. The zero-order valence-corrected chi connectivity index (χ0v) is 12.4. The molecule has 2 heterocycles. The standard InChI is InChI=1S/C16H12F2N4O2/c17-11-3-4-13(12(18)8-11)20-14(23)5-6-15-21-16(22-24-15)10-2-1-7-19-9-10/h1-4,7-9H,5-6H2,(H,20,23). The van der Waals surface area contributed by atoms with Gasteiger partial charge in [0.25, 0.3) is 0 Å². The minimum Gasteiger partial charge on any atom is -0.339 e. The highest BCUT2D eigenvalue weighted by molar-refractivity contribution is 5.90. The number of aryl methyl sites for hydroxylation is 1. The topological polar surface area (TPSA) is 80.9 Å². The summed E-state index contributed by atoms with van der Waals surface area (Å²) in [6.07, 6.45) is 3.44. The number of pyridine rings is 1. The van der Waals surface area contributed by atoms with Crippen LogP contribution in [0.25, 0.3) is 11.4 Å². The van der Waals surface area contributed by atoms with Crippen molar-refractivity contribution in [3.63, 3.8) is 0 Å². The van der Waals surface area contributed by atoms with Gasteiger partial charge < -0.3 is 9.84 Å². The molecule has 122 valence electrons. The normalized spacial score (nSPS) is 10.6. The third kappa shape index (κ3) is 3.78. The summed E-state index contributed by atoms with van der Waals surface area (Å²) in [6, 6.07) is 6.46. The molecular weight excluding hydrogens is 318 g/mol. The molecule has 0 bridgehead atoms. The minimum atomic E-state index is -0.833. The molecule has 24 heavy (non-hydrogen) atoms. The van der Waals surface area contributed by atoms with Crippen molar-refractivity contribution in [2.45, 2.75) is 12.8 Å². The van der Waals surface area contributed by atoms with Crippen molar-refractivity contribution in [2.24, 2.45) is 0 Å². The van der Waals surface area contributed by atoms with Gasteiger partial charge in [-0.15, -0.1) is 0 Å². The number of carbonyl (C=O) groups is 1. The molecule has 0 atom stereocenters. The van der Waals surface area contributed by atoms with E-state index in [1.165, 1.54) is 0 Å². The maximum absolute atomic E-state index is 13.5. The Bertz CT molecular complexity index is 852. The van der Waals surface area contributed by atoms with Crippen LogP contribution in [-0.4, -0.2) is 21.0 Å². The van der Waals surface area contributed by atoms with Gasteiger partial charge in [0, 0.05) is 36.9 Å². The van der Waals surface area contributed by atoms with Gasteiger partial charge in [0.05, 0.1) is 5.69 Å². The molecule has 0 aliphatic rings. The molecule has 1 N–H and O–H groups in total. The molecule has 8 heteroatoms. The van der Waals surface area contributed by atoms with Crippen LogP contribution in [0.15, 0.2) is 47.2 Å². The second-order valence-electron chi connectivity index (χ2n) is 4.93. The molecule has 1 amide bonds. The Morgan fingerprint density at radius 1 is 1.25 bits per heavy atom. The molecule has 6 nitrogen and oxygen atoms in total. The number of amides is 1. The van der Waals surface area contributed by atoms with Gasteiger partial charge in [-0.2, -0.15) is 4.98 Å². The first-order valence-electron chi connectivity index (χ1n) is 7.10. The summed E-state index contributed by atoms with van der Waals surface area (Å²) in [7, 11) is 0. The molecule has 0 spiro atoms. The molecule has 2 aromatic heterocycles. The Morgan fingerprint density at radius 3 is 2.88 bits per heavy atom. The molecule has 0 aliphatic carbocycles. The van der Waals surface area contributed by atoms with E-state index < -0.39 is 17.5 Å². The Balaban J connectivity index is 1.58. The fourth-order valence-electron chi connectivity index (χ4n) is 1.99. The van der Waals surface area contributed by atoms with Gasteiger partial charge in [0.15, 0.2) is 0 Å². The minimum absolute atomic E-state index is 0.0193. The predicted molar refractivity (Wildman–Crippen MR) is 80.8 cm³/mol. The van der Waals surface area contributed by atoms with Gasteiger partial charge >= 0.3 is 0 Å². The first-order valence-corrected chi connectivity index (χ1v) is 7.10. The van der Waals surface area contributed by atoms with Crippen LogP contribution in [0, 0.1) is 11.6 Å². The average Bonchev–Trinajstić information content (AvgIpc) is 3.05. The lowest BCUT2D eigenvalue weighted by molar-refractivity contribution is -0.116. The zero-order valence-electron chi connectivity index (χ0n) is 12.4. The number of benzene rings is 1. The molecule has 0 fully saturated rings. The number of nitrogens with one attached hydrogen (secondary N) is 1. The van der Waals surface area contributed by atoms with Gasteiger partial charge in [-0.3, -0.25) is 9.78 Å². The van der Waals surface area contributed by atoms with Gasteiger partial charge in [-0.25, -0.2) is 8.78 Å². The number of rotatable bonds is 5. The van der Waals surface area contributed by atoms with E-state index in [4.69, 9.17) is 4.52 Å². The summed E-state index contributed by atoms with van der Waals surface area (Å²) in [4.78, 5) is 20.0. The summed E-state index contributed by atoms with van der Waals surface area (Å²) in [5.41, 5.74) is 0.619. The van der Waals surface area contributed by atoms with E-state index in [1.54, 1.807) is 24.5 Å². The molecule has 0 saturated carbocycles. The SMILES string of the molecule is O=C(CCc1nc(-c2cccnc2)no1)Nc1ccc(F)cc1F. The Morgan fingerprint density at radius 2 is 2.12 bits per heavy atom. The zero-order chi connectivity index (χ0) is 16.9. The van der Waals surface area contributed by atoms with E-state index in [0.717, 1.165) is 12.1 Å². The monoisotopic (exact) mass is 330 g/mol. The van der Waals surface area contributed by atoms with Crippen LogP contribution in [0.5, 0.6) is 0 Å². The number of aromatic nitrogens is 3. The fourth-order valence-corrected chi connectivity index (χ4v) is 1.99. The van der Waals surface area contributed by atoms with Crippen molar-refractivity contribution < 1.29 is 18.1 Å². The number of halogens is 2. The molecule has 0 aliphatic heterocycles. The lowest BCUT2D eigenvalue weighted by atomic mass is 10.2. The lowest BCUT2D eigenvalue weighted by Gasteiger charge is -2.05. The van der Waals surface area contributed by atoms with E-state index in [-0.39, 0.29) is 24.4 Å². The van der Waals surface area contributed by atoms with Crippen molar-refractivity contribution >= 4 is 11.6 Å². The van der Waals surface area contributed by atoms with E-state index >= 15 is 0 Å². The number of nitrogens with zero attached hydrogens (tertiary/aromatic N) is 3. The number of hydrogen-bond donors (Lipinski definition) is 1. The predicted octanol–water partition coefficient (Wildman–Crippen LogP) is 2.98. The Hall–Kier alpha value is -3.16. The molecular formula is C16H12F2N4O2. The number of hydrogen-bond acceptors (Lipinski definition) is 5. The van der Waals surface area contributed by atoms with Crippen LogP contribution in [0.1, 0.15) is 12.3 Å². The smallest absolute Gasteiger partial charge is 0.227 e. The molecule has 0 radical (unpaired) electrons. The maximum Gasteiger partial charge on any atom is 0.227 e. The van der Waals surface area contributed by atoms with E-state index in [2.05, 4.69) is 20.4 Å². The molecule has 3 aromatic rings. The third-order valence-corrected chi connectivity index (χ3v) is 3.16. The van der Waals surface area contributed by atoms with E-state index in [1.807, 2.05) is 0 Å². The summed E-state index contributed by atoms with van der Waals surface area (Å²) in [5.74, 6) is -1.33. The summed E-state index contributed by atoms with van der Waals surface area (Å²) in [5, 5.41) is 6.18. The quantitative estimate of drug-likeness (QED) is 0.778. The summed E-state index contributed by atoms with van der Waals surface area (Å²) < 4.78 is 31.3. The first kappa shape index (κ1) is 15.7. The van der Waals surface area contributed by atoms with Crippen molar-refractivity contribution in [1.82, 2.24) is 15.1 Å². The molecule has 3 rings (SSSR count). The van der Waals surface area contributed by atoms with Gasteiger partial charge in [0.1, 0.15) is 11.6 Å². The largest absolute Gasteiger partial charge is 0.339 e. The molecule has 0 saturated heterocycles. The third-order valence-electron chi connectivity index (χ3n) is 3.16. The van der Waals surface area contributed by atoms with E-state index in [9.17, 15) is 13.6 Å². The second kappa shape index (κ2) is 6.95. The van der Waals surface area contributed by atoms with Crippen molar-refractivity contribution in [3.8, 4) is 11.4 Å². The summed E-state index contributed by atoms with van der Waals surface area (Å²) >= 11 is 0. The van der Waals surface area contributed by atoms with Crippen LogP contribution >= 0.6 is 0 Å². The van der Waals surface area contributed by atoms with Crippen LogP contribution in [-0.2, 0) is 11.2 Å². The number of anilines is 1. The fraction of sp³-hybridized carbons (Fsp3) is 0.125. The van der Waals surface area contributed by atoms with Gasteiger partial charge in [-0.1, -0.05) is 5.16 Å². The van der Waals surface area contributed by atoms with Crippen molar-refractivity contribution in [1.29, 1.82) is 0 Å². The highest BCUT2D eigenvalue weighted by Gasteiger charge is 2.12. The average molecular weight is 330 g/mol. The maximum atomic E-state index is 13.5. The second-order valence-corrected chi connectivity index (χ2v) is 4.93. The van der Waals surface area contributed by atoms with Crippen LogP contribution < -0.4 is 5.32 Å². The Labute approximate surface area is 135 Å². The highest BCUT2D eigenvalue weighted by Crippen LogP contribution is 2.16. The van der Waals surface area contributed by atoms with Gasteiger partial charge in [0.2, 0.25) is 17.6 Å². The van der Waals surface area contributed by atoms with Crippen molar-refractivity contribution in [2.75, 3.05) is 5.32 Å². The van der Waals surface area contributed by atoms with Crippen LogP contribution in [0.4, 0.5) is 14.5 Å². The molecule has 0 unspecified atom stereocenters. The van der Waals surface area contributed by atoms with E-state index in [0.29, 0.717) is 17.5 Å². The summed E-state index contributed by atoms with van der Waals surface area (Å²) in [6.45, 7) is 0.